The number of aromatic nitrogens is 2. The average molecular weight is 221 g/mol. The summed E-state index contributed by atoms with van der Waals surface area (Å²) < 4.78 is 10.4. The molecule has 2 heterocycles. The molecule has 2 aromatic heterocycles. The molecule has 5 nitrogen and oxygen atoms in total. The Morgan fingerprint density at radius 2 is 2.38 bits per heavy atom. The van der Waals surface area contributed by atoms with E-state index in [1.165, 1.54) is 0 Å². The third-order valence-electron chi connectivity index (χ3n) is 2.40. The maximum absolute atomic E-state index is 5.21. The highest BCUT2D eigenvalue weighted by atomic mass is 16.5. The van der Waals surface area contributed by atoms with Crippen molar-refractivity contribution in [3.63, 3.8) is 0 Å². The SMILES string of the molecule is CNC(C)Cc1nc(Cc2ccco2)no1. The fraction of sp³-hybridized carbons (Fsp3) is 0.455. The Bertz CT molecular complexity index is 422. The summed E-state index contributed by atoms with van der Waals surface area (Å²) >= 11 is 0. The first-order valence-corrected chi connectivity index (χ1v) is 5.29. The number of furan rings is 1. The van der Waals surface area contributed by atoms with Gasteiger partial charge >= 0.3 is 0 Å². The van der Waals surface area contributed by atoms with Crippen molar-refractivity contribution in [2.75, 3.05) is 7.05 Å². The molecular formula is C11H15N3O2. The summed E-state index contributed by atoms with van der Waals surface area (Å²) in [5, 5.41) is 7.03. The summed E-state index contributed by atoms with van der Waals surface area (Å²) in [6.07, 6.45) is 2.95. The van der Waals surface area contributed by atoms with Crippen molar-refractivity contribution in [3.05, 3.63) is 35.9 Å². The zero-order valence-corrected chi connectivity index (χ0v) is 9.43. The Morgan fingerprint density at radius 3 is 3.06 bits per heavy atom. The van der Waals surface area contributed by atoms with Crippen LogP contribution in [0.3, 0.4) is 0 Å². The summed E-state index contributed by atoms with van der Waals surface area (Å²) in [6.45, 7) is 2.07. The topological polar surface area (TPSA) is 64.1 Å². The van der Waals surface area contributed by atoms with Gasteiger partial charge in [0.15, 0.2) is 5.82 Å². The lowest BCUT2D eigenvalue weighted by Gasteiger charge is -2.04. The van der Waals surface area contributed by atoms with Crippen LogP contribution >= 0.6 is 0 Å². The molecule has 1 unspecified atom stereocenters. The van der Waals surface area contributed by atoms with Gasteiger partial charge in [0.05, 0.1) is 12.7 Å². The lowest BCUT2D eigenvalue weighted by atomic mass is 10.2. The number of nitrogens with one attached hydrogen (secondary N) is 1. The number of hydrogen-bond donors (Lipinski definition) is 1. The van der Waals surface area contributed by atoms with E-state index in [1.54, 1.807) is 6.26 Å². The van der Waals surface area contributed by atoms with Gasteiger partial charge in [0.1, 0.15) is 5.76 Å². The van der Waals surface area contributed by atoms with Crippen LogP contribution in [-0.2, 0) is 12.8 Å². The van der Waals surface area contributed by atoms with E-state index in [0.717, 1.165) is 12.2 Å². The minimum Gasteiger partial charge on any atom is -0.469 e. The van der Waals surface area contributed by atoms with Gasteiger partial charge in [-0.3, -0.25) is 0 Å². The molecule has 0 radical (unpaired) electrons. The van der Waals surface area contributed by atoms with Crippen LogP contribution < -0.4 is 5.32 Å². The Balaban J connectivity index is 1.97. The molecule has 1 N–H and O–H groups in total. The first-order chi connectivity index (χ1) is 7.78. The fourth-order valence-electron chi connectivity index (χ4n) is 1.38. The molecule has 0 saturated carbocycles. The van der Waals surface area contributed by atoms with E-state index in [4.69, 9.17) is 8.94 Å². The number of hydrogen-bond acceptors (Lipinski definition) is 5. The summed E-state index contributed by atoms with van der Waals surface area (Å²) in [5.74, 6) is 2.16. The van der Waals surface area contributed by atoms with Gasteiger partial charge in [0, 0.05) is 12.5 Å². The zero-order chi connectivity index (χ0) is 11.4. The highest BCUT2D eigenvalue weighted by Crippen LogP contribution is 2.08. The van der Waals surface area contributed by atoms with E-state index in [0.29, 0.717) is 24.2 Å². The Hall–Kier alpha value is -1.62. The second-order valence-corrected chi connectivity index (χ2v) is 3.75. The molecule has 0 aliphatic carbocycles. The molecule has 0 aliphatic rings. The van der Waals surface area contributed by atoms with Gasteiger partial charge in [0.25, 0.3) is 0 Å². The van der Waals surface area contributed by atoms with Crippen molar-refractivity contribution in [1.82, 2.24) is 15.5 Å². The fourth-order valence-corrected chi connectivity index (χ4v) is 1.38. The minimum atomic E-state index is 0.330. The molecule has 1 atom stereocenters. The van der Waals surface area contributed by atoms with Crippen LogP contribution in [0.5, 0.6) is 0 Å². The van der Waals surface area contributed by atoms with Crippen molar-refractivity contribution >= 4 is 0 Å². The molecule has 0 amide bonds. The van der Waals surface area contributed by atoms with Crippen LogP contribution in [0.15, 0.2) is 27.3 Å². The zero-order valence-electron chi connectivity index (χ0n) is 9.43. The van der Waals surface area contributed by atoms with E-state index in [2.05, 4.69) is 22.4 Å². The van der Waals surface area contributed by atoms with Gasteiger partial charge in [-0.2, -0.15) is 4.98 Å². The first kappa shape index (κ1) is 10.9. The van der Waals surface area contributed by atoms with Crippen molar-refractivity contribution in [3.8, 4) is 0 Å². The predicted octanol–water partition coefficient (Wildman–Crippen LogP) is 1.40. The highest BCUT2D eigenvalue weighted by Gasteiger charge is 2.10. The second kappa shape index (κ2) is 4.94. The van der Waals surface area contributed by atoms with E-state index in [-0.39, 0.29) is 0 Å². The molecule has 16 heavy (non-hydrogen) atoms. The molecule has 86 valence electrons. The van der Waals surface area contributed by atoms with E-state index < -0.39 is 0 Å². The molecule has 5 heteroatoms. The summed E-state index contributed by atoms with van der Waals surface area (Å²) in [5.41, 5.74) is 0. The molecule has 0 bridgehead atoms. The van der Waals surface area contributed by atoms with Gasteiger partial charge in [-0.05, 0) is 26.1 Å². The van der Waals surface area contributed by atoms with Gasteiger partial charge in [-0.15, -0.1) is 0 Å². The molecule has 2 rings (SSSR count). The second-order valence-electron chi connectivity index (χ2n) is 3.75. The monoisotopic (exact) mass is 221 g/mol. The van der Waals surface area contributed by atoms with Crippen LogP contribution in [0.2, 0.25) is 0 Å². The van der Waals surface area contributed by atoms with Crippen LogP contribution in [0.1, 0.15) is 24.4 Å². The Kier molecular flexibility index (Phi) is 3.36. The number of rotatable bonds is 5. The van der Waals surface area contributed by atoms with E-state index in [1.807, 2.05) is 19.2 Å². The van der Waals surface area contributed by atoms with Crippen molar-refractivity contribution in [2.45, 2.75) is 25.8 Å². The van der Waals surface area contributed by atoms with Gasteiger partial charge < -0.3 is 14.3 Å². The summed E-state index contributed by atoms with van der Waals surface area (Å²) in [4.78, 5) is 4.30. The van der Waals surface area contributed by atoms with E-state index >= 15 is 0 Å². The number of likely N-dealkylation sites (N-methyl/N-ethyl adjacent to an activating group) is 1. The lowest BCUT2D eigenvalue weighted by molar-refractivity contribution is 0.360. The largest absolute Gasteiger partial charge is 0.469 e. The van der Waals surface area contributed by atoms with Crippen molar-refractivity contribution < 1.29 is 8.94 Å². The quantitative estimate of drug-likeness (QED) is 0.826. The lowest BCUT2D eigenvalue weighted by Crippen LogP contribution is -2.23. The van der Waals surface area contributed by atoms with Crippen molar-refractivity contribution in [1.29, 1.82) is 0 Å². The van der Waals surface area contributed by atoms with Crippen LogP contribution in [0.25, 0.3) is 0 Å². The molecule has 0 fully saturated rings. The summed E-state index contributed by atoms with van der Waals surface area (Å²) in [7, 11) is 1.91. The molecule has 0 aromatic carbocycles. The minimum absolute atomic E-state index is 0.330. The van der Waals surface area contributed by atoms with Crippen LogP contribution in [-0.4, -0.2) is 23.2 Å². The highest BCUT2D eigenvalue weighted by molar-refractivity contribution is 5.05. The van der Waals surface area contributed by atoms with E-state index in [9.17, 15) is 0 Å². The predicted molar refractivity (Wildman–Crippen MR) is 58.0 cm³/mol. The average Bonchev–Trinajstić information content (AvgIpc) is 2.91. The van der Waals surface area contributed by atoms with Gasteiger partial charge in [-0.1, -0.05) is 5.16 Å². The Labute approximate surface area is 93.8 Å². The van der Waals surface area contributed by atoms with Gasteiger partial charge in [-0.25, -0.2) is 0 Å². The number of nitrogens with zero attached hydrogens (tertiary/aromatic N) is 2. The molecule has 0 aliphatic heterocycles. The third-order valence-corrected chi connectivity index (χ3v) is 2.40. The normalized spacial score (nSPS) is 12.9. The standard InChI is InChI=1S/C11H15N3O2/c1-8(12-2)6-11-13-10(14-16-11)7-9-4-3-5-15-9/h3-5,8,12H,6-7H2,1-2H3. The van der Waals surface area contributed by atoms with Crippen LogP contribution in [0.4, 0.5) is 0 Å². The molecule has 0 spiro atoms. The van der Waals surface area contributed by atoms with Gasteiger partial charge in [0.2, 0.25) is 5.89 Å². The first-order valence-electron chi connectivity index (χ1n) is 5.29. The Morgan fingerprint density at radius 1 is 1.50 bits per heavy atom. The van der Waals surface area contributed by atoms with Crippen molar-refractivity contribution in [2.24, 2.45) is 0 Å². The maximum Gasteiger partial charge on any atom is 0.228 e. The van der Waals surface area contributed by atoms with Crippen LogP contribution in [0, 0.1) is 0 Å². The molecular weight excluding hydrogens is 206 g/mol. The smallest absolute Gasteiger partial charge is 0.228 e. The third kappa shape index (κ3) is 2.70. The summed E-state index contributed by atoms with van der Waals surface area (Å²) in [6, 6.07) is 4.07. The molecule has 2 aromatic rings. The molecule has 0 saturated heterocycles. The maximum atomic E-state index is 5.21.